The molecular weight excluding hydrogens is 254 g/mol. The predicted octanol–water partition coefficient (Wildman–Crippen LogP) is -0.525. The first-order chi connectivity index (χ1) is 8.57. The topological polar surface area (TPSA) is 82.3 Å². The van der Waals surface area contributed by atoms with Gasteiger partial charge in [0.15, 0.2) is 9.84 Å². The van der Waals surface area contributed by atoms with Gasteiger partial charge in [0.25, 0.3) is 5.91 Å². The molecule has 1 aliphatic rings. The van der Waals surface area contributed by atoms with Crippen LogP contribution >= 0.6 is 0 Å². The van der Waals surface area contributed by atoms with Crippen molar-refractivity contribution in [1.82, 2.24) is 15.2 Å². The van der Waals surface area contributed by atoms with Gasteiger partial charge in [-0.3, -0.25) is 9.69 Å². The summed E-state index contributed by atoms with van der Waals surface area (Å²) in [6.45, 7) is 2.32. The summed E-state index contributed by atoms with van der Waals surface area (Å²) in [6.07, 6.45) is 1.70. The van der Waals surface area contributed by atoms with Crippen molar-refractivity contribution in [2.75, 3.05) is 37.7 Å². The highest BCUT2D eigenvalue weighted by atomic mass is 32.2. The van der Waals surface area contributed by atoms with Crippen LogP contribution in [0.25, 0.3) is 0 Å². The number of rotatable bonds is 4. The molecule has 1 aromatic heterocycles. The Labute approximate surface area is 106 Å². The summed E-state index contributed by atoms with van der Waals surface area (Å²) in [5, 5.41) is 2.79. The molecule has 1 aliphatic heterocycles. The van der Waals surface area contributed by atoms with Gasteiger partial charge >= 0.3 is 0 Å². The Morgan fingerprint density at radius 3 is 2.72 bits per heavy atom. The van der Waals surface area contributed by atoms with E-state index in [1.54, 1.807) is 18.3 Å². The van der Waals surface area contributed by atoms with E-state index in [4.69, 9.17) is 0 Å². The van der Waals surface area contributed by atoms with E-state index in [1.807, 2.05) is 0 Å². The van der Waals surface area contributed by atoms with Crippen LogP contribution in [0.2, 0.25) is 0 Å². The number of aromatic nitrogens is 1. The van der Waals surface area contributed by atoms with Crippen molar-refractivity contribution in [1.29, 1.82) is 0 Å². The van der Waals surface area contributed by atoms with E-state index in [0.717, 1.165) is 0 Å². The average molecular weight is 271 g/mol. The molecule has 2 N–H and O–H groups in total. The number of nitrogens with zero attached hydrogens (tertiary/aromatic N) is 1. The van der Waals surface area contributed by atoms with E-state index >= 15 is 0 Å². The number of aromatic amines is 1. The summed E-state index contributed by atoms with van der Waals surface area (Å²) in [5.74, 6) is 0.305. The Morgan fingerprint density at radius 2 is 2.11 bits per heavy atom. The van der Waals surface area contributed by atoms with E-state index in [2.05, 4.69) is 15.2 Å². The van der Waals surface area contributed by atoms with E-state index in [-0.39, 0.29) is 17.4 Å². The van der Waals surface area contributed by atoms with Crippen LogP contribution in [-0.2, 0) is 9.84 Å². The average Bonchev–Trinajstić information content (AvgIpc) is 2.85. The fraction of sp³-hybridized carbons (Fsp3) is 0.545. The van der Waals surface area contributed by atoms with E-state index in [1.165, 1.54) is 0 Å². The first kappa shape index (κ1) is 13.1. The van der Waals surface area contributed by atoms with Gasteiger partial charge in [0, 0.05) is 32.4 Å². The highest BCUT2D eigenvalue weighted by Gasteiger charge is 2.21. The highest BCUT2D eigenvalue weighted by Crippen LogP contribution is 2.02. The molecule has 0 bridgehead atoms. The first-order valence-corrected chi connectivity index (χ1v) is 7.73. The van der Waals surface area contributed by atoms with E-state index < -0.39 is 9.84 Å². The second-order valence-electron chi connectivity index (χ2n) is 4.33. The standard InChI is InChI=1S/C11H17N3O3S/c15-11(10-2-1-3-12-10)13-4-5-14-6-8-18(16,17)9-7-14/h1-3,12H,4-9H2,(H,13,15). The summed E-state index contributed by atoms with van der Waals surface area (Å²) < 4.78 is 22.5. The minimum atomic E-state index is -2.83. The number of hydrogen-bond acceptors (Lipinski definition) is 4. The molecule has 0 radical (unpaired) electrons. The van der Waals surface area contributed by atoms with Gasteiger partial charge in [0.2, 0.25) is 0 Å². The summed E-state index contributed by atoms with van der Waals surface area (Å²) in [5.41, 5.74) is 0.538. The molecule has 0 aromatic carbocycles. The molecule has 7 heteroatoms. The van der Waals surface area contributed by atoms with Crippen LogP contribution in [0.3, 0.4) is 0 Å². The largest absolute Gasteiger partial charge is 0.357 e. The van der Waals surface area contributed by atoms with Gasteiger partial charge in [-0.15, -0.1) is 0 Å². The third kappa shape index (κ3) is 3.58. The Kier molecular flexibility index (Phi) is 4.03. The Bertz CT molecular complexity index is 482. The van der Waals surface area contributed by atoms with Crippen LogP contribution in [-0.4, -0.2) is 61.9 Å². The third-order valence-corrected chi connectivity index (χ3v) is 4.60. The molecule has 2 heterocycles. The Hall–Kier alpha value is -1.34. The fourth-order valence-electron chi connectivity index (χ4n) is 1.87. The zero-order valence-electron chi connectivity index (χ0n) is 10.1. The van der Waals surface area contributed by atoms with Crippen molar-refractivity contribution in [3.05, 3.63) is 24.0 Å². The fourth-order valence-corrected chi connectivity index (χ4v) is 3.15. The van der Waals surface area contributed by atoms with Gasteiger partial charge < -0.3 is 10.3 Å². The number of hydrogen-bond donors (Lipinski definition) is 2. The Morgan fingerprint density at radius 1 is 1.39 bits per heavy atom. The smallest absolute Gasteiger partial charge is 0.267 e. The van der Waals surface area contributed by atoms with Gasteiger partial charge in [-0.1, -0.05) is 0 Å². The maximum absolute atomic E-state index is 11.6. The van der Waals surface area contributed by atoms with Crippen LogP contribution in [0.4, 0.5) is 0 Å². The summed E-state index contributed by atoms with van der Waals surface area (Å²) >= 11 is 0. The lowest BCUT2D eigenvalue weighted by atomic mass is 10.4. The van der Waals surface area contributed by atoms with Gasteiger partial charge in [-0.05, 0) is 12.1 Å². The molecule has 1 aromatic rings. The minimum absolute atomic E-state index is 0.135. The molecule has 0 spiro atoms. The van der Waals surface area contributed by atoms with Crippen molar-refractivity contribution in [3.63, 3.8) is 0 Å². The molecule has 0 atom stereocenters. The number of amides is 1. The van der Waals surface area contributed by atoms with Crippen LogP contribution in [0.1, 0.15) is 10.5 Å². The van der Waals surface area contributed by atoms with Crippen molar-refractivity contribution in [2.45, 2.75) is 0 Å². The summed E-state index contributed by atoms with van der Waals surface area (Å²) in [4.78, 5) is 16.5. The zero-order valence-corrected chi connectivity index (χ0v) is 10.9. The van der Waals surface area contributed by atoms with Gasteiger partial charge in [-0.2, -0.15) is 0 Å². The lowest BCUT2D eigenvalue weighted by molar-refractivity contribution is 0.0944. The lowest BCUT2D eigenvalue weighted by Crippen LogP contribution is -2.43. The molecule has 0 unspecified atom stereocenters. The molecule has 0 saturated carbocycles. The number of nitrogens with one attached hydrogen (secondary N) is 2. The zero-order chi connectivity index (χ0) is 13.0. The molecule has 6 nitrogen and oxygen atoms in total. The maximum atomic E-state index is 11.6. The van der Waals surface area contributed by atoms with Gasteiger partial charge in [0.05, 0.1) is 11.5 Å². The SMILES string of the molecule is O=C(NCCN1CCS(=O)(=O)CC1)c1ccc[nH]1. The normalized spacial score (nSPS) is 19.6. The maximum Gasteiger partial charge on any atom is 0.267 e. The molecule has 18 heavy (non-hydrogen) atoms. The van der Waals surface area contributed by atoms with Crippen LogP contribution in [0, 0.1) is 0 Å². The van der Waals surface area contributed by atoms with Crippen LogP contribution in [0.15, 0.2) is 18.3 Å². The van der Waals surface area contributed by atoms with Crippen molar-refractivity contribution in [2.24, 2.45) is 0 Å². The number of carbonyl (C=O) groups is 1. The lowest BCUT2D eigenvalue weighted by Gasteiger charge is -2.26. The first-order valence-electron chi connectivity index (χ1n) is 5.91. The molecule has 100 valence electrons. The van der Waals surface area contributed by atoms with Crippen molar-refractivity contribution in [3.8, 4) is 0 Å². The van der Waals surface area contributed by atoms with E-state index in [0.29, 0.717) is 31.9 Å². The quantitative estimate of drug-likeness (QED) is 0.771. The number of sulfone groups is 1. The monoisotopic (exact) mass is 271 g/mol. The van der Waals surface area contributed by atoms with Crippen molar-refractivity contribution >= 4 is 15.7 Å². The highest BCUT2D eigenvalue weighted by molar-refractivity contribution is 7.91. The Balaban J connectivity index is 1.69. The van der Waals surface area contributed by atoms with E-state index in [9.17, 15) is 13.2 Å². The second-order valence-corrected chi connectivity index (χ2v) is 6.64. The van der Waals surface area contributed by atoms with Gasteiger partial charge in [-0.25, -0.2) is 8.42 Å². The van der Waals surface area contributed by atoms with Crippen LogP contribution < -0.4 is 5.32 Å². The molecule has 0 aliphatic carbocycles. The van der Waals surface area contributed by atoms with Gasteiger partial charge in [0.1, 0.15) is 5.69 Å². The molecule has 1 fully saturated rings. The number of carbonyl (C=O) groups excluding carboxylic acids is 1. The minimum Gasteiger partial charge on any atom is -0.357 e. The summed E-state index contributed by atoms with van der Waals surface area (Å²) in [6, 6.07) is 3.48. The summed E-state index contributed by atoms with van der Waals surface area (Å²) in [7, 11) is -2.83. The molecule has 1 saturated heterocycles. The second kappa shape index (κ2) is 5.53. The predicted molar refractivity (Wildman–Crippen MR) is 68.2 cm³/mol. The number of H-pyrrole nitrogens is 1. The third-order valence-electron chi connectivity index (χ3n) is 2.99. The van der Waals surface area contributed by atoms with Crippen molar-refractivity contribution < 1.29 is 13.2 Å². The van der Waals surface area contributed by atoms with Crippen LogP contribution in [0.5, 0.6) is 0 Å². The molecule has 2 rings (SSSR count). The molecular formula is C11H17N3O3S. The molecule has 1 amide bonds.